The first-order valence-corrected chi connectivity index (χ1v) is 7.31. The van der Waals surface area contributed by atoms with Crippen LogP contribution in [0.2, 0.25) is 0 Å². The fraction of sp³-hybridized carbons (Fsp3) is 0.312. The van der Waals surface area contributed by atoms with Gasteiger partial charge in [0.2, 0.25) is 5.91 Å². The molecule has 1 aliphatic heterocycles. The Kier molecular flexibility index (Phi) is 3.98. The highest BCUT2D eigenvalue weighted by Crippen LogP contribution is 2.27. The minimum absolute atomic E-state index is 0.0884. The number of aromatic nitrogens is 2. The molecule has 118 valence electrons. The van der Waals surface area contributed by atoms with Crippen molar-refractivity contribution in [1.82, 2.24) is 9.78 Å². The van der Waals surface area contributed by atoms with Crippen molar-refractivity contribution in [3.8, 4) is 6.07 Å². The molecule has 0 bridgehead atoms. The molecule has 23 heavy (non-hydrogen) atoms. The van der Waals surface area contributed by atoms with E-state index in [-0.39, 0.29) is 17.4 Å². The van der Waals surface area contributed by atoms with Gasteiger partial charge in [-0.1, -0.05) is 0 Å². The molecule has 1 saturated heterocycles. The van der Waals surface area contributed by atoms with Crippen LogP contribution in [0.15, 0.2) is 30.6 Å². The highest BCUT2D eigenvalue weighted by Gasteiger charge is 2.29. The van der Waals surface area contributed by atoms with Crippen LogP contribution in [0, 0.1) is 23.1 Å². The second-order valence-electron chi connectivity index (χ2n) is 5.60. The summed E-state index contributed by atoms with van der Waals surface area (Å²) in [6, 6.07) is 6.31. The summed E-state index contributed by atoms with van der Waals surface area (Å²) in [4.78, 5) is 14.1. The molecule has 0 radical (unpaired) electrons. The monoisotopic (exact) mass is 313 g/mol. The van der Waals surface area contributed by atoms with E-state index in [1.54, 1.807) is 36.3 Å². The van der Waals surface area contributed by atoms with Gasteiger partial charge in [-0.15, -0.1) is 0 Å². The molecule has 0 aliphatic carbocycles. The Morgan fingerprint density at radius 2 is 2.35 bits per heavy atom. The number of hydrogen-bond donors (Lipinski definition) is 1. The van der Waals surface area contributed by atoms with Gasteiger partial charge in [0.05, 0.1) is 35.1 Å². The van der Waals surface area contributed by atoms with E-state index in [1.807, 2.05) is 11.0 Å². The van der Waals surface area contributed by atoms with Crippen molar-refractivity contribution in [1.29, 1.82) is 5.26 Å². The number of rotatable bonds is 3. The predicted molar refractivity (Wildman–Crippen MR) is 83.3 cm³/mol. The molecule has 1 aliphatic rings. The topological polar surface area (TPSA) is 74.0 Å². The van der Waals surface area contributed by atoms with Gasteiger partial charge in [-0.2, -0.15) is 10.4 Å². The molecule has 1 fully saturated rings. The molecule has 2 aromatic rings. The summed E-state index contributed by atoms with van der Waals surface area (Å²) >= 11 is 0. The lowest BCUT2D eigenvalue weighted by Crippen LogP contribution is -2.27. The zero-order chi connectivity index (χ0) is 16.4. The van der Waals surface area contributed by atoms with Gasteiger partial charge in [0.1, 0.15) is 5.82 Å². The first-order valence-electron chi connectivity index (χ1n) is 7.31. The van der Waals surface area contributed by atoms with Crippen molar-refractivity contribution in [2.75, 3.05) is 23.3 Å². The van der Waals surface area contributed by atoms with Gasteiger partial charge < -0.3 is 10.2 Å². The summed E-state index contributed by atoms with van der Waals surface area (Å²) in [5.41, 5.74) is 1.37. The van der Waals surface area contributed by atoms with Crippen molar-refractivity contribution in [2.45, 2.75) is 6.42 Å². The van der Waals surface area contributed by atoms with Crippen LogP contribution in [-0.4, -0.2) is 28.8 Å². The maximum absolute atomic E-state index is 14.1. The number of nitrogens with zero attached hydrogens (tertiary/aromatic N) is 4. The number of halogens is 1. The van der Waals surface area contributed by atoms with Crippen LogP contribution in [0.1, 0.15) is 12.0 Å². The normalized spacial score (nSPS) is 17.1. The lowest BCUT2D eigenvalue weighted by Gasteiger charge is -2.19. The smallest absolute Gasteiger partial charge is 0.229 e. The largest absolute Gasteiger partial charge is 0.368 e. The van der Waals surface area contributed by atoms with Crippen LogP contribution in [0.4, 0.5) is 15.8 Å². The number of amides is 1. The second kappa shape index (κ2) is 6.08. The third-order valence-corrected chi connectivity index (χ3v) is 3.95. The van der Waals surface area contributed by atoms with Crippen LogP contribution >= 0.6 is 0 Å². The summed E-state index contributed by atoms with van der Waals surface area (Å²) in [7, 11) is 1.78. The minimum atomic E-state index is -0.433. The van der Waals surface area contributed by atoms with Crippen molar-refractivity contribution < 1.29 is 9.18 Å². The average Bonchev–Trinajstić information content (AvgIpc) is 3.16. The van der Waals surface area contributed by atoms with E-state index < -0.39 is 5.82 Å². The lowest BCUT2D eigenvalue weighted by molar-refractivity contribution is -0.119. The zero-order valence-corrected chi connectivity index (χ0v) is 12.7. The molecule has 1 aromatic heterocycles. The van der Waals surface area contributed by atoms with Crippen LogP contribution in [0.3, 0.4) is 0 Å². The molecule has 6 nitrogen and oxygen atoms in total. The van der Waals surface area contributed by atoms with Gasteiger partial charge in [0.15, 0.2) is 0 Å². The van der Waals surface area contributed by atoms with Crippen LogP contribution in [0.25, 0.3) is 0 Å². The number of nitrogens with one attached hydrogen (secondary N) is 1. The number of aryl methyl sites for hydroxylation is 1. The maximum Gasteiger partial charge on any atom is 0.229 e. The molecule has 1 unspecified atom stereocenters. The van der Waals surface area contributed by atoms with E-state index in [4.69, 9.17) is 5.26 Å². The molecule has 0 saturated carbocycles. The van der Waals surface area contributed by atoms with Crippen LogP contribution in [-0.2, 0) is 11.8 Å². The summed E-state index contributed by atoms with van der Waals surface area (Å²) in [5.74, 6) is -0.725. The van der Waals surface area contributed by atoms with E-state index in [9.17, 15) is 9.18 Å². The van der Waals surface area contributed by atoms with Gasteiger partial charge in [-0.25, -0.2) is 4.39 Å². The van der Waals surface area contributed by atoms with Crippen LogP contribution < -0.4 is 10.2 Å². The molecule has 3 rings (SSSR count). The lowest BCUT2D eigenvalue weighted by atomic mass is 10.1. The maximum atomic E-state index is 14.1. The Hall–Kier alpha value is -2.88. The van der Waals surface area contributed by atoms with Crippen molar-refractivity contribution in [3.05, 3.63) is 42.0 Å². The Morgan fingerprint density at radius 1 is 1.52 bits per heavy atom. The Bertz CT molecular complexity index is 779. The first-order chi connectivity index (χ1) is 11.1. The SMILES string of the molecule is Cn1cc(NC(=O)C2CCN(c3ccc(C#N)cc3F)C2)cn1. The number of carbonyl (C=O) groups excluding carboxylic acids is 1. The molecule has 2 heterocycles. The highest BCUT2D eigenvalue weighted by atomic mass is 19.1. The van der Waals surface area contributed by atoms with Gasteiger partial charge in [-0.05, 0) is 24.6 Å². The molecule has 0 spiro atoms. The summed E-state index contributed by atoms with van der Waals surface area (Å²) < 4.78 is 15.7. The van der Waals surface area contributed by atoms with Crippen molar-refractivity contribution in [3.63, 3.8) is 0 Å². The average molecular weight is 313 g/mol. The first kappa shape index (κ1) is 15.0. The molecule has 1 aromatic carbocycles. The fourth-order valence-electron chi connectivity index (χ4n) is 2.76. The summed E-state index contributed by atoms with van der Waals surface area (Å²) in [6.45, 7) is 1.06. The molecule has 7 heteroatoms. The van der Waals surface area contributed by atoms with E-state index in [0.717, 1.165) is 0 Å². The van der Waals surface area contributed by atoms with Gasteiger partial charge in [0.25, 0.3) is 0 Å². The van der Waals surface area contributed by atoms with E-state index >= 15 is 0 Å². The number of carbonyl (C=O) groups is 1. The number of nitriles is 1. The second-order valence-corrected chi connectivity index (χ2v) is 5.60. The van der Waals surface area contributed by atoms with Crippen molar-refractivity contribution in [2.24, 2.45) is 13.0 Å². The van der Waals surface area contributed by atoms with Gasteiger partial charge in [-0.3, -0.25) is 9.48 Å². The zero-order valence-electron chi connectivity index (χ0n) is 12.7. The molecular weight excluding hydrogens is 297 g/mol. The Morgan fingerprint density at radius 3 is 3.00 bits per heavy atom. The fourth-order valence-corrected chi connectivity index (χ4v) is 2.76. The molecule has 1 N–H and O–H groups in total. The minimum Gasteiger partial charge on any atom is -0.368 e. The quantitative estimate of drug-likeness (QED) is 0.939. The molecule has 1 amide bonds. The molecular formula is C16H16FN5O. The number of benzene rings is 1. The van der Waals surface area contributed by atoms with E-state index in [0.29, 0.717) is 30.9 Å². The Balaban J connectivity index is 1.66. The Labute approximate surface area is 133 Å². The number of anilines is 2. The third kappa shape index (κ3) is 3.16. The number of hydrogen-bond acceptors (Lipinski definition) is 4. The third-order valence-electron chi connectivity index (χ3n) is 3.95. The van der Waals surface area contributed by atoms with Crippen LogP contribution in [0.5, 0.6) is 0 Å². The molecule has 1 atom stereocenters. The summed E-state index contributed by atoms with van der Waals surface area (Å²) in [5, 5.41) is 15.6. The van der Waals surface area contributed by atoms with Gasteiger partial charge >= 0.3 is 0 Å². The summed E-state index contributed by atoms with van der Waals surface area (Å²) in [6.07, 6.45) is 3.97. The standard InChI is InChI=1S/C16H16FN5O/c1-21-10-13(8-19-21)20-16(23)12-4-5-22(9-12)15-3-2-11(7-18)6-14(15)17/h2-3,6,8,10,12H,4-5,9H2,1H3,(H,20,23). The van der Waals surface area contributed by atoms with Gasteiger partial charge in [0, 0.05) is 26.3 Å². The van der Waals surface area contributed by atoms with E-state index in [2.05, 4.69) is 10.4 Å². The van der Waals surface area contributed by atoms with E-state index in [1.165, 1.54) is 6.07 Å². The predicted octanol–water partition coefficient (Wildman–Crippen LogP) is 1.90. The highest BCUT2D eigenvalue weighted by molar-refractivity contribution is 5.93. The van der Waals surface area contributed by atoms with Crippen molar-refractivity contribution >= 4 is 17.3 Å².